The van der Waals surface area contributed by atoms with Gasteiger partial charge in [-0.1, -0.05) is 22.0 Å². The van der Waals surface area contributed by atoms with Crippen LogP contribution in [0.5, 0.6) is 0 Å². The second-order valence-electron chi connectivity index (χ2n) is 3.15. The van der Waals surface area contributed by atoms with Crippen molar-refractivity contribution in [2.75, 3.05) is 13.0 Å². The predicted molar refractivity (Wildman–Crippen MR) is 64.9 cm³/mol. The van der Waals surface area contributed by atoms with Crippen molar-refractivity contribution in [1.82, 2.24) is 0 Å². The first-order valence-electron chi connectivity index (χ1n) is 4.53. The van der Waals surface area contributed by atoms with Gasteiger partial charge >= 0.3 is 5.97 Å². The average molecular weight is 306 g/mol. The first kappa shape index (κ1) is 13.2. The van der Waals surface area contributed by atoms with Gasteiger partial charge in [-0.05, 0) is 17.7 Å². The molecule has 0 saturated heterocycles. The number of hydrogen-bond donors (Lipinski definition) is 0. The van der Waals surface area contributed by atoms with E-state index >= 15 is 0 Å². The highest BCUT2D eigenvalue weighted by molar-refractivity contribution is 9.10. The highest BCUT2D eigenvalue weighted by Gasteiger charge is 2.10. The maximum Gasteiger partial charge on any atom is 0.337 e. The molecule has 5 heteroatoms. The van der Waals surface area contributed by atoms with E-state index < -0.39 is 5.97 Å². The van der Waals surface area contributed by atoms with Gasteiger partial charge in [-0.15, -0.1) is 11.6 Å². The molecular weight excluding hydrogens is 295 g/mol. The molecule has 1 aromatic carbocycles. The zero-order valence-corrected chi connectivity index (χ0v) is 11.0. The molecule has 0 heterocycles. The smallest absolute Gasteiger partial charge is 0.337 e. The highest BCUT2D eigenvalue weighted by Crippen LogP contribution is 2.20. The Morgan fingerprint density at radius 2 is 2.12 bits per heavy atom. The number of alkyl halides is 1. The van der Waals surface area contributed by atoms with E-state index in [1.165, 1.54) is 7.11 Å². The van der Waals surface area contributed by atoms with Crippen molar-refractivity contribution in [3.63, 3.8) is 0 Å². The summed E-state index contributed by atoms with van der Waals surface area (Å²) in [6.07, 6.45) is 0.255. The van der Waals surface area contributed by atoms with Crippen LogP contribution in [-0.2, 0) is 16.0 Å². The molecule has 0 unspecified atom stereocenters. The van der Waals surface area contributed by atoms with Crippen molar-refractivity contribution in [3.8, 4) is 0 Å². The number of rotatable bonds is 4. The van der Waals surface area contributed by atoms with Gasteiger partial charge in [0.2, 0.25) is 0 Å². The molecule has 86 valence electrons. The molecule has 0 fully saturated rings. The molecule has 0 radical (unpaired) electrons. The van der Waals surface area contributed by atoms with Crippen LogP contribution in [0, 0.1) is 0 Å². The number of hydrogen-bond acceptors (Lipinski definition) is 3. The number of ketones is 1. The van der Waals surface area contributed by atoms with Gasteiger partial charge in [-0.2, -0.15) is 0 Å². The minimum Gasteiger partial charge on any atom is -0.465 e. The van der Waals surface area contributed by atoms with E-state index in [9.17, 15) is 9.59 Å². The predicted octanol–water partition coefficient (Wildman–Crippen LogP) is 2.59. The third kappa shape index (κ3) is 3.32. The zero-order chi connectivity index (χ0) is 12.1. The van der Waals surface area contributed by atoms with Crippen LogP contribution >= 0.6 is 27.5 Å². The molecule has 1 aromatic rings. The van der Waals surface area contributed by atoms with Crippen molar-refractivity contribution in [2.45, 2.75) is 6.42 Å². The Morgan fingerprint density at radius 3 is 2.62 bits per heavy atom. The Kier molecular flexibility index (Phi) is 4.96. The summed E-state index contributed by atoms with van der Waals surface area (Å²) in [5, 5.41) is 0. The van der Waals surface area contributed by atoms with E-state index in [1.54, 1.807) is 18.2 Å². The number of benzene rings is 1. The molecule has 0 amide bonds. The second kappa shape index (κ2) is 6.01. The summed E-state index contributed by atoms with van der Waals surface area (Å²) in [7, 11) is 1.32. The van der Waals surface area contributed by atoms with Crippen LogP contribution in [0.2, 0.25) is 0 Å². The summed E-state index contributed by atoms with van der Waals surface area (Å²) in [5.41, 5.74) is 1.25. The lowest BCUT2D eigenvalue weighted by molar-refractivity contribution is -0.116. The van der Waals surface area contributed by atoms with Gasteiger partial charge in [0.25, 0.3) is 0 Å². The Labute approximate surface area is 107 Å². The molecule has 0 spiro atoms. The summed E-state index contributed by atoms with van der Waals surface area (Å²) >= 11 is 8.72. The monoisotopic (exact) mass is 304 g/mol. The number of ether oxygens (including phenoxy) is 1. The van der Waals surface area contributed by atoms with E-state index in [-0.39, 0.29) is 18.1 Å². The lowest BCUT2D eigenvalue weighted by atomic mass is 10.1. The maximum absolute atomic E-state index is 11.2. The molecule has 0 atom stereocenters. The van der Waals surface area contributed by atoms with Crippen molar-refractivity contribution in [3.05, 3.63) is 33.8 Å². The third-order valence-corrected chi connectivity index (χ3v) is 3.05. The topological polar surface area (TPSA) is 43.4 Å². The van der Waals surface area contributed by atoms with Gasteiger partial charge in [-0.25, -0.2) is 4.79 Å². The van der Waals surface area contributed by atoms with E-state index in [0.717, 1.165) is 5.56 Å². The van der Waals surface area contributed by atoms with Gasteiger partial charge < -0.3 is 4.74 Å². The van der Waals surface area contributed by atoms with Crippen molar-refractivity contribution >= 4 is 39.3 Å². The number of carbonyl (C=O) groups is 2. The Morgan fingerprint density at radius 1 is 1.44 bits per heavy atom. The van der Waals surface area contributed by atoms with Crippen LogP contribution in [0.3, 0.4) is 0 Å². The molecular formula is C11H10BrClO3. The van der Waals surface area contributed by atoms with Gasteiger partial charge in [-0.3, -0.25) is 4.79 Å². The van der Waals surface area contributed by atoms with Crippen LogP contribution in [0.15, 0.2) is 22.7 Å². The molecule has 0 aliphatic heterocycles. The van der Waals surface area contributed by atoms with Gasteiger partial charge in [0.15, 0.2) is 5.78 Å². The number of carbonyl (C=O) groups excluding carboxylic acids is 2. The van der Waals surface area contributed by atoms with Crippen LogP contribution in [0.25, 0.3) is 0 Å². The van der Waals surface area contributed by atoms with Gasteiger partial charge in [0.1, 0.15) is 0 Å². The fraction of sp³-hybridized carbons (Fsp3) is 0.273. The van der Waals surface area contributed by atoms with Crippen molar-refractivity contribution in [2.24, 2.45) is 0 Å². The van der Waals surface area contributed by atoms with Crippen molar-refractivity contribution < 1.29 is 14.3 Å². The standard InChI is InChI=1S/C11H10BrClO3/c1-16-11(15)8-3-2-7(10(12)5-8)4-9(14)6-13/h2-3,5H,4,6H2,1H3. The minimum atomic E-state index is -0.407. The summed E-state index contributed by atoms with van der Waals surface area (Å²) < 4.78 is 5.29. The first-order valence-corrected chi connectivity index (χ1v) is 5.85. The van der Waals surface area contributed by atoms with Crippen LogP contribution in [0.4, 0.5) is 0 Å². The van der Waals surface area contributed by atoms with Gasteiger partial charge in [0, 0.05) is 10.9 Å². The number of esters is 1. The molecule has 1 rings (SSSR count). The average Bonchev–Trinajstić information content (AvgIpc) is 2.30. The second-order valence-corrected chi connectivity index (χ2v) is 4.27. The maximum atomic E-state index is 11.2. The van der Waals surface area contributed by atoms with Crippen LogP contribution < -0.4 is 0 Å². The highest BCUT2D eigenvalue weighted by atomic mass is 79.9. The minimum absolute atomic E-state index is 0.00874. The number of halogens is 2. The largest absolute Gasteiger partial charge is 0.465 e. The number of Topliss-reactive ketones (excluding diaryl/α,β-unsaturated/α-hetero) is 1. The van der Waals surface area contributed by atoms with Crippen molar-refractivity contribution in [1.29, 1.82) is 0 Å². The number of methoxy groups -OCH3 is 1. The fourth-order valence-corrected chi connectivity index (χ4v) is 1.81. The molecule has 16 heavy (non-hydrogen) atoms. The van der Waals surface area contributed by atoms with E-state index in [0.29, 0.717) is 10.0 Å². The van der Waals surface area contributed by atoms with E-state index in [1.807, 2.05) is 0 Å². The molecule has 0 N–H and O–H groups in total. The molecule has 0 aliphatic rings. The Hall–Kier alpha value is -0.870. The Balaban J connectivity index is 2.91. The summed E-state index contributed by atoms with van der Waals surface area (Å²) in [6, 6.07) is 4.96. The van der Waals surface area contributed by atoms with Crippen LogP contribution in [-0.4, -0.2) is 24.7 Å². The summed E-state index contributed by atoms with van der Waals surface area (Å²) in [6.45, 7) is 0. The van der Waals surface area contributed by atoms with Crippen LogP contribution in [0.1, 0.15) is 15.9 Å². The molecule has 0 saturated carbocycles. The molecule has 0 aliphatic carbocycles. The Bertz CT molecular complexity index is 418. The zero-order valence-electron chi connectivity index (χ0n) is 8.63. The summed E-state index contributed by atoms with van der Waals surface area (Å²) in [5.74, 6) is -0.477. The lowest BCUT2D eigenvalue weighted by Crippen LogP contribution is -2.06. The SMILES string of the molecule is COC(=O)c1ccc(CC(=O)CCl)c(Br)c1. The molecule has 0 bridgehead atoms. The normalized spacial score (nSPS) is 9.94. The third-order valence-electron chi connectivity index (χ3n) is 2.01. The van der Waals surface area contributed by atoms with E-state index in [4.69, 9.17) is 11.6 Å². The molecule has 3 nitrogen and oxygen atoms in total. The van der Waals surface area contributed by atoms with Gasteiger partial charge in [0.05, 0.1) is 18.6 Å². The quantitative estimate of drug-likeness (QED) is 0.634. The molecule has 0 aromatic heterocycles. The van der Waals surface area contributed by atoms with E-state index in [2.05, 4.69) is 20.7 Å². The summed E-state index contributed by atoms with van der Waals surface area (Å²) in [4.78, 5) is 22.4. The lowest BCUT2D eigenvalue weighted by Gasteiger charge is -2.05. The fourth-order valence-electron chi connectivity index (χ4n) is 1.20. The first-order chi connectivity index (χ1) is 7.58.